The van der Waals surface area contributed by atoms with Crippen molar-refractivity contribution in [2.24, 2.45) is 16.8 Å². The first-order valence-corrected chi connectivity index (χ1v) is 9.42. The van der Waals surface area contributed by atoms with E-state index >= 15 is 0 Å². The Labute approximate surface area is 174 Å². The summed E-state index contributed by atoms with van der Waals surface area (Å²) in [7, 11) is 3.55. The Hall–Kier alpha value is -0.540. The number of hydrogen-bond donors (Lipinski definition) is 1. The van der Waals surface area contributed by atoms with Crippen LogP contribution in [0, 0.1) is 11.8 Å². The van der Waals surface area contributed by atoms with E-state index in [2.05, 4.69) is 43.3 Å². The molecule has 4 unspecified atom stereocenters. The Bertz CT molecular complexity index is 639. The highest BCUT2D eigenvalue weighted by Gasteiger charge is 2.53. The molecule has 25 heavy (non-hydrogen) atoms. The molecule has 0 aromatic heterocycles. The van der Waals surface area contributed by atoms with E-state index in [1.54, 1.807) is 7.11 Å². The zero-order chi connectivity index (χ0) is 16.7. The van der Waals surface area contributed by atoms with Crippen molar-refractivity contribution in [2.75, 3.05) is 27.2 Å². The molecule has 138 valence electrons. The van der Waals surface area contributed by atoms with Crippen molar-refractivity contribution >= 4 is 45.9 Å². The van der Waals surface area contributed by atoms with Gasteiger partial charge in [0.1, 0.15) is 5.75 Å². The Morgan fingerprint density at radius 1 is 1.32 bits per heavy atom. The van der Waals surface area contributed by atoms with Crippen molar-refractivity contribution in [1.29, 1.82) is 0 Å². The molecule has 1 aromatic rings. The van der Waals surface area contributed by atoms with Crippen molar-refractivity contribution in [3.05, 3.63) is 28.2 Å². The minimum Gasteiger partial charge on any atom is -0.496 e. The zero-order valence-electron chi connectivity index (χ0n) is 14.6. The number of guanidine groups is 1. The number of rotatable bonds is 3. The lowest BCUT2D eigenvalue weighted by molar-refractivity contribution is 0.0767. The van der Waals surface area contributed by atoms with Crippen molar-refractivity contribution in [3.8, 4) is 5.75 Å². The number of hydrogen-bond acceptors (Lipinski definition) is 3. The van der Waals surface area contributed by atoms with E-state index in [9.17, 15) is 0 Å². The fraction of sp³-hybridized carbons (Fsp3) is 0.611. The fourth-order valence-corrected chi connectivity index (χ4v) is 5.05. The number of aliphatic imine (C=N–C) groups is 1. The Kier molecular flexibility index (Phi) is 6.15. The second-order valence-electron chi connectivity index (χ2n) is 6.89. The van der Waals surface area contributed by atoms with Crippen LogP contribution < -0.4 is 10.1 Å². The van der Waals surface area contributed by atoms with Crippen molar-refractivity contribution < 1.29 is 9.47 Å². The highest BCUT2D eigenvalue weighted by Crippen LogP contribution is 2.47. The monoisotopic (exact) mass is 521 g/mol. The topological polar surface area (TPSA) is 46.1 Å². The minimum atomic E-state index is 0. The molecule has 3 heterocycles. The van der Waals surface area contributed by atoms with Crippen LogP contribution >= 0.6 is 39.9 Å². The lowest BCUT2D eigenvalue weighted by atomic mass is 9.82. The summed E-state index contributed by atoms with van der Waals surface area (Å²) >= 11 is 3.54. The summed E-state index contributed by atoms with van der Waals surface area (Å²) in [5.74, 6) is 3.23. The standard InChI is InChI=1S/C18H24BrN3O2.HI/c1-20-18(21-8-11-3-4-17(23-2)14(19)7-11)22-9-12-13(10-22)16-6-5-15(12)24-16;/h3-4,7,12-13,15-16H,5-6,8-10H2,1-2H3,(H,20,21);1H. The van der Waals surface area contributed by atoms with Crippen molar-refractivity contribution in [3.63, 3.8) is 0 Å². The van der Waals surface area contributed by atoms with Gasteiger partial charge in [0.25, 0.3) is 0 Å². The Morgan fingerprint density at radius 3 is 2.56 bits per heavy atom. The first-order chi connectivity index (χ1) is 11.7. The van der Waals surface area contributed by atoms with Gasteiger partial charge in [-0.3, -0.25) is 4.99 Å². The molecule has 7 heteroatoms. The zero-order valence-corrected chi connectivity index (χ0v) is 18.5. The molecule has 0 amide bonds. The molecule has 1 N–H and O–H groups in total. The molecule has 0 aliphatic carbocycles. The molecule has 3 aliphatic rings. The van der Waals surface area contributed by atoms with Crippen LogP contribution in [0.1, 0.15) is 18.4 Å². The highest BCUT2D eigenvalue weighted by atomic mass is 127. The largest absolute Gasteiger partial charge is 0.496 e. The first-order valence-electron chi connectivity index (χ1n) is 8.63. The summed E-state index contributed by atoms with van der Waals surface area (Å²) in [6.07, 6.45) is 3.46. The Balaban J connectivity index is 0.00000182. The van der Waals surface area contributed by atoms with Crippen LogP contribution in [0.3, 0.4) is 0 Å². The predicted octanol–water partition coefficient (Wildman–Crippen LogP) is 3.26. The molecule has 4 rings (SSSR count). The number of nitrogens with one attached hydrogen (secondary N) is 1. The molecular formula is C18H25BrIN3O2. The van der Waals surface area contributed by atoms with Gasteiger partial charge in [-0.05, 0) is 46.5 Å². The third-order valence-corrected chi connectivity index (χ3v) is 6.25. The van der Waals surface area contributed by atoms with Gasteiger partial charge in [0, 0.05) is 38.5 Å². The van der Waals surface area contributed by atoms with E-state index in [0.29, 0.717) is 24.0 Å². The van der Waals surface area contributed by atoms with Gasteiger partial charge in [-0.25, -0.2) is 0 Å². The van der Waals surface area contributed by atoms with Crippen LogP contribution in [0.25, 0.3) is 0 Å². The average molecular weight is 522 g/mol. The number of likely N-dealkylation sites (tertiary alicyclic amines) is 1. The second-order valence-corrected chi connectivity index (χ2v) is 7.75. The summed E-state index contributed by atoms with van der Waals surface area (Å²) in [6, 6.07) is 6.15. The number of halogens is 2. The third-order valence-electron chi connectivity index (χ3n) is 5.63. The van der Waals surface area contributed by atoms with E-state index in [-0.39, 0.29) is 24.0 Å². The van der Waals surface area contributed by atoms with Crippen LogP contribution in [0.5, 0.6) is 5.75 Å². The quantitative estimate of drug-likeness (QED) is 0.377. The molecule has 0 saturated carbocycles. The molecule has 1 aromatic carbocycles. The molecule has 3 fully saturated rings. The lowest BCUT2D eigenvalue weighted by Crippen LogP contribution is -2.40. The summed E-state index contributed by atoms with van der Waals surface area (Å²) in [5, 5.41) is 3.51. The maximum absolute atomic E-state index is 6.06. The molecule has 0 spiro atoms. The van der Waals surface area contributed by atoms with Crippen LogP contribution in [-0.2, 0) is 11.3 Å². The molecule has 0 radical (unpaired) electrons. The molecule has 4 atom stereocenters. The third kappa shape index (κ3) is 3.64. The summed E-state index contributed by atoms with van der Waals surface area (Å²) in [6.45, 7) is 2.89. The van der Waals surface area contributed by atoms with Gasteiger partial charge in [-0.15, -0.1) is 24.0 Å². The van der Waals surface area contributed by atoms with Gasteiger partial charge >= 0.3 is 0 Å². The predicted molar refractivity (Wildman–Crippen MR) is 113 cm³/mol. The van der Waals surface area contributed by atoms with Crippen molar-refractivity contribution in [2.45, 2.75) is 31.6 Å². The Morgan fingerprint density at radius 2 is 2.00 bits per heavy atom. The maximum atomic E-state index is 6.06. The van der Waals surface area contributed by atoms with E-state index in [4.69, 9.17) is 9.47 Å². The number of nitrogens with zero attached hydrogens (tertiary/aromatic N) is 2. The summed E-state index contributed by atoms with van der Waals surface area (Å²) in [4.78, 5) is 6.90. The average Bonchev–Trinajstić information content (AvgIpc) is 3.28. The fourth-order valence-electron chi connectivity index (χ4n) is 4.47. The van der Waals surface area contributed by atoms with Crippen LogP contribution in [-0.4, -0.2) is 50.3 Å². The van der Waals surface area contributed by atoms with Gasteiger partial charge in [0.05, 0.1) is 23.8 Å². The SMILES string of the molecule is CN=C(NCc1ccc(OC)c(Br)c1)N1CC2C3CCC(O3)C2C1.I. The number of fused-ring (bicyclic) bond motifs is 5. The molecule has 3 saturated heterocycles. The van der Waals surface area contributed by atoms with Crippen LogP contribution in [0.2, 0.25) is 0 Å². The van der Waals surface area contributed by atoms with Crippen molar-refractivity contribution in [1.82, 2.24) is 10.2 Å². The van der Waals surface area contributed by atoms with E-state index < -0.39 is 0 Å². The second kappa shape index (κ2) is 8.00. The lowest BCUT2D eigenvalue weighted by Gasteiger charge is -2.23. The summed E-state index contributed by atoms with van der Waals surface area (Å²) < 4.78 is 12.3. The van der Waals surface area contributed by atoms with Gasteiger partial charge in [0.15, 0.2) is 5.96 Å². The van der Waals surface area contributed by atoms with E-state index in [1.165, 1.54) is 18.4 Å². The maximum Gasteiger partial charge on any atom is 0.193 e. The summed E-state index contributed by atoms with van der Waals surface area (Å²) in [5.41, 5.74) is 1.20. The first kappa shape index (κ1) is 19.2. The minimum absolute atomic E-state index is 0. The van der Waals surface area contributed by atoms with Gasteiger partial charge in [-0.1, -0.05) is 6.07 Å². The highest BCUT2D eigenvalue weighted by molar-refractivity contribution is 14.0. The van der Waals surface area contributed by atoms with Crippen LogP contribution in [0.15, 0.2) is 27.7 Å². The molecule has 5 nitrogen and oxygen atoms in total. The number of ether oxygens (including phenoxy) is 2. The van der Waals surface area contributed by atoms with E-state index in [1.807, 2.05) is 13.1 Å². The molecular weight excluding hydrogens is 497 g/mol. The smallest absolute Gasteiger partial charge is 0.193 e. The number of methoxy groups -OCH3 is 1. The normalized spacial score (nSPS) is 30.2. The van der Waals surface area contributed by atoms with Gasteiger partial charge in [0.2, 0.25) is 0 Å². The molecule has 3 aliphatic heterocycles. The van der Waals surface area contributed by atoms with Gasteiger partial charge < -0.3 is 19.7 Å². The molecule has 2 bridgehead atoms. The number of benzene rings is 1. The van der Waals surface area contributed by atoms with E-state index in [0.717, 1.165) is 35.8 Å². The van der Waals surface area contributed by atoms with Gasteiger partial charge in [-0.2, -0.15) is 0 Å². The van der Waals surface area contributed by atoms with Crippen LogP contribution in [0.4, 0.5) is 0 Å².